The van der Waals surface area contributed by atoms with E-state index >= 15 is 0 Å². The van der Waals surface area contributed by atoms with Crippen LogP contribution < -0.4 is 5.32 Å². The molecule has 0 aromatic carbocycles. The van der Waals surface area contributed by atoms with Gasteiger partial charge in [-0.25, -0.2) is 0 Å². The zero-order valence-corrected chi connectivity index (χ0v) is 10.7. The number of carbonyl (C=O) groups is 2. The van der Waals surface area contributed by atoms with Gasteiger partial charge in [0.15, 0.2) is 0 Å². The third-order valence-corrected chi connectivity index (χ3v) is 2.89. The van der Waals surface area contributed by atoms with E-state index in [1.807, 2.05) is 6.92 Å². The Hall–Kier alpha value is -0.510. The van der Waals surface area contributed by atoms with Crippen LogP contribution in [0.2, 0.25) is 0 Å². The van der Waals surface area contributed by atoms with Gasteiger partial charge >= 0.3 is 0 Å². The first kappa shape index (κ1) is 14.5. The van der Waals surface area contributed by atoms with E-state index in [1.165, 1.54) is 0 Å². The van der Waals surface area contributed by atoms with Crippen LogP contribution in [0.1, 0.15) is 40.0 Å². The Morgan fingerprint density at radius 2 is 1.87 bits per heavy atom. The van der Waals surface area contributed by atoms with Gasteiger partial charge in [0.25, 0.3) is 5.91 Å². The maximum atomic E-state index is 11.6. The largest absolute Gasteiger partial charge is 0.349 e. The van der Waals surface area contributed by atoms with Crippen molar-refractivity contribution >= 4 is 24.3 Å². The first-order valence-electron chi connectivity index (χ1n) is 5.39. The fourth-order valence-corrected chi connectivity index (χ4v) is 1.21. The Morgan fingerprint density at radius 3 is 2.33 bits per heavy atom. The number of ketones is 1. The van der Waals surface area contributed by atoms with E-state index in [0.717, 1.165) is 18.6 Å². The first-order chi connectivity index (χ1) is 6.95. The highest BCUT2D eigenvalue weighted by Crippen LogP contribution is 2.20. The standard InChI is InChI=1S/C11H21NO2S/c1-4-11(2,3)9(13)10(14)12-7-5-6-8-15/h15H,4-8H2,1-3H3,(H,12,14). The molecule has 0 saturated heterocycles. The minimum Gasteiger partial charge on any atom is -0.349 e. The van der Waals surface area contributed by atoms with Crippen LogP contribution in [0.5, 0.6) is 0 Å². The molecule has 0 aromatic rings. The van der Waals surface area contributed by atoms with Crippen molar-refractivity contribution in [3.8, 4) is 0 Å². The second kappa shape index (κ2) is 6.88. The number of thiol groups is 1. The summed E-state index contributed by atoms with van der Waals surface area (Å²) in [4.78, 5) is 23.1. The van der Waals surface area contributed by atoms with Crippen molar-refractivity contribution in [2.24, 2.45) is 5.41 Å². The van der Waals surface area contributed by atoms with Crippen LogP contribution in [0.25, 0.3) is 0 Å². The summed E-state index contributed by atoms with van der Waals surface area (Å²) < 4.78 is 0. The maximum absolute atomic E-state index is 11.6. The molecule has 0 heterocycles. The predicted molar refractivity (Wildman–Crippen MR) is 65.2 cm³/mol. The molecule has 0 unspecified atom stereocenters. The Balaban J connectivity index is 3.95. The fraction of sp³-hybridized carbons (Fsp3) is 0.818. The number of amides is 1. The maximum Gasteiger partial charge on any atom is 0.287 e. The predicted octanol–water partition coefficient (Wildman–Crippen LogP) is 1.82. The van der Waals surface area contributed by atoms with Crippen LogP contribution >= 0.6 is 12.6 Å². The van der Waals surface area contributed by atoms with E-state index in [0.29, 0.717) is 13.0 Å². The molecule has 3 nitrogen and oxygen atoms in total. The summed E-state index contributed by atoms with van der Waals surface area (Å²) in [7, 11) is 0. The third kappa shape index (κ3) is 5.21. The molecule has 1 amide bonds. The number of carbonyl (C=O) groups excluding carboxylic acids is 2. The number of unbranched alkanes of at least 4 members (excludes halogenated alkanes) is 1. The summed E-state index contributed by atoms with van der Waals surface area (Å²) in [6.07, 6.45) is 2.50. The Kier molecular flexibility index (Phi) is 6.65. The minimum atomic E-state index is -0.548. The normalized spacial score (nSPS) is 11.2. The number of rotatable bonds is 7. The van der Waals surface area contributed by atoms with E-state index in [1.54, 1.807) is 13.8 Å². The first-order valence-corrected chi connectivity index (χ1v) is 6.02. The lowest BCUT2D eigenvalue weighted by Gasteiger charge is -2.19. The average Bonchev–Trinajstić information content (AvgIpc) is 2.23. The summed E-state index contributed by atoms with van der Waals surface area (Å²) in [5.41, 5.74) is -0.548. The lowest BCUT2D eigenvalue weighted by Crippen LogP contribution is -2.39. The molecule has 4 heteroatoms. The molecule has 0 radical (unpaired) electrons. The van der Waals surface area contributed by atoms with Crippen molar-refractivity contribution in [1.29, 1.82) is 0 Å². The van der Waals surface area contributed by atoms with Crippen LogP contribution in [0.15, 0.2) is 0 Å². The monoisotopic (exact) mass is 231 g/mol. The van der Waals surface area contributed by atoms with Crippen molar-refractivity contribution < 1.29 is 9.59 Å². The van der Waals surface area contributed by atoms with Gasteiger partial charge in [-0.05, 0) is 25.0 Å². The van der Waals surface area contributed by atoms with Crippen molar-refractivity contribution in [2.45, 2.75) is 40.0 Å². The highest BCUT2D eigenvalue weighted by molar-refractivity contribution is 7.80. The van der Waals surface area contributed by atoms with Crippen LogP contribution in [-0.2, 0) is 9.59 Å². The lowest BCUT2D eigenvalue weighted by molar-refractivity contribution is -0.143. The Morgan fingerprint density at radius 1 is 1.27 bits per heavy atom. The van der Waals surface area contributed by atoms with Crippen LogP contribution in [0.4, 0.5) is 0 Å². The second-order valence-electron chi connectivity index (χ2n) is 4.25. The zero-order chi connectivity index (χ0) is 11.9. The van der Waals surface area contributed by atoms with Gasteiger partial charge in [-0.15, -0.1) is 0 Å². The van der Waals surface area contributed by atoms with Crippen LogP contribution in [0, 0.1) is 5.41 Å². The number of hydrogen-bond donors (Lipinski definition) is 2. The quantitative estimate of drug-likeness (QED) is 0.399. The molecule has 0 rings (SSSR count). The molecule has 0 fully saturated rings. The van der Waals surface area contributed by atoms with E-state index < -0.39 is 11.3 Å². The van der Waals surface area contributed by atoms with Crippen molar-refractivity contribution in [1.82, 2.24) is 5.32 Å². The van der Waals surface area contributed by atoms with E-state index in [4.69, 9.17) is 0 Å². The summed E-state index contributed by atoms with van der Waals surface area (Å²) in [5, 5.41) is 2.64. The molecule has 0 saturated carbocycles. The summed E-state index contributed by atoms with van der Waals surface area (Å²) in [6.45, 7) is 6.06. The third-order valence-electron chi connectivity index (χ3n) is 2.58. The molecule has 0 aromatic heterocycles. The van der Waals surface area contributed by atoms with E-state index in [9.17, 15) is 9.59 Å². The van der Waals surface area contributed by atoms with Gasteiger partial charge in [-0.1, -0.05) is 20.8 Å². The Bertz CT molecular complexity index is 227. The molecule has 0 atom stereocenters. The number of nitrogens with one attached hydrogen (secondary N) is 1. The van der Waals surface area contributed by atoms with E-state index in [2.05, 4.69) is 17.9 Å². The zero-order valence-electron chi connectivity index (χ0n) is 9.80. The minimum absolute atomic E-state index is 0.323. The molecular weight excluding hydrogens is 210 g/mol. The average molecular weight is 231 g/mol. The van der Waals surface area contributed by atoms with Crippen LogP contribution in [0.3, 0.4) is 0 Å². The summed E-state index contributed by atoms with van der Waals surface area (Å²) >= 11 is 4.07. The second-order valence-corrected chi connectivity index (χ2v) is 4.70. The highest BCUT2D eigenvalue weighted by atomic mass is 32.1. The highest BCUT2D eigenvalue weighted by Gasteiger charge is 2.30. The van der Waals surface area contributed by atoms with E-state index in [-0.39, 0.29) is 5.78 Å². The molecule has 0 bridgehead atoms. The van der Waals surface area contributed by atoms with Crippen molar-refractivity contribution in [2.75, 3.05) is 12.3 Å². The molecule has 0 spiro atoms. The van der Waals surface area contributed by atoms with Crippen molar-refractivity contribution in [3.05, 3.63) is 0 Å². The van der Waals surface area contributed by atoms with Gasteiger partial charge in [-0.2, -0.15) is 12.6 Å². The summed E-state index contributed by atoms with van der Waals surface area (Å²) in [6, 6.07) is 0. The van der Waals surface area contributed by atoms with Gasteiger partial charge in [0.1, 0.15) is 0 Å². The molecule has 15 heavy (non-hydrogen) atoms. The van der Waals surface area contributed by atoms with Gasteiger partial charge in [0.2, 0.25) is 5.78 Å². The van der Waals surface area contributed by atoms with Gasteiger partial charge in [0.05, 0.1) is 0 Å². The SMILES string of the molecule is CCC(C)(C)C(=O)C(=O)NCCCCS. The van der Waals surface area contributed by atoms with Gasteiger partial charge in [-0.3, -0.25) is 9.59 Å². The Labute approximate surface area is 97.4 Å². The van der Waals surface area contributed by atoms with Gasteiger partial charge < -0.3 is 5.32 Å². The molecule has 1 N–H and O–H groups in total. The smallest absolute Gasteiger partial charge is 0.287 e. The van der Waals surface area contributed by atoms with Crippen molar-refractivity contribution in [3.63, 3.8) is 0 Å². The molecule has 0 aliphatic rings. The topological polar surface area (TPSA) is 46.2 Å². The molecule has 0 aliphatic heterocycles. The van der Waals surface area contributed by atoms with Gasteiger partial charge in [0, 0.05) is 12.0 Å². The fourth-order valence-electron chi connectivity index (χ4n) is 0.987. The number of Topliss-reactive ketones (excluding diaryl/α,β-unsaturated/α-hetero) is 1. The molecule has 88 valence electrons. The molecule has 0 aliphatic carbocycles. The summed E-state index contributed by atoms with van der Waals surface area (Å²) in [5.74, 6) is 0.0291. The number of hydrogen-bond acceptors (Lipinski definition) is 3. The molecular formula is C11H21NO2S. The lowest BCUT2D eigenvalue weighted by atomic mass is 9.85. The van der Waals surface area contributed by atoms with Crippen LogP contribution in [-0.4, -0.2) is 24.0 Å².